The van der Waals surface area contributed by atoms with E-state index in [1.165, 1.54) is 0 Å². The van der Waals surface area contributed by atoms with Crippen LogP contribution in [0.4, 0.5) is 5.69 Å². The monoisotopic (exact) mass is 348 g/mol. The van der Waals surface area contributed by atoms with Gasteiger partial charge in [0, 0.05) is 24.0 Å². The van der Waals surface area contributed by atoms with Crippen LogP contribution in [0.5, 0.6) is 0 Å². The van der Waals surface area contributed by atoms with E-state index in [9.17, 15) is 14.7 Å². The molecule has 0 saturated heterocycles. The first-order chi connectivity index (χ1) is 12.6. The van der Waals surface area contributed by atoms with Crippen LogP contribution in [-0.2, 0) is 16.0 Å². The lowest BCUT2D eigenvalue weighted by molar-refractivity contribution is -0.136. The molecule has 0 radical (unpaired) electrons. The van der Waals surface area contributed by atoms with E-state index in [4.69, 9.17) is 0 Å². The van der Waals surface area contributed by atoms with Crippen LogP contribution in [0.1, 0.15) is 5.56 Å². The predicted molar refractivity (Wildman–Crippen MR) is 102 cm³/mol. The maximum absolute atomic E-state index is 12.1. The van der Waals surface area contributed by atoms with Gasteiger partial charge in [-0.1, -0.05) is 66.7 Å². The lowest BCUT2D eigenvalue weighted by Crippen LogP contribution is -2.40. The minimum Gasteiger partial charge on any atom is -0.391 e. The maximum Gasteiger partial charge on any atom is 0.313 e. The van der Waals surface area contributed by atoms with Gasteiger partial charge in [0.2, 0.25) is 0 Å². The number of hydrogen-bond acceptors (Lipinski definition) is 3. The summed E-state index contributed by atoms with van der Waals surface area (Å²) < 4.78 is 0. The van der Waals surface area contributed by atoms with Crippen molar-refractivity contribution in [1.29, 1.82) is 0 Å². The standard InChI is InChI=1S/C21H20N2O3/c24-17(13-15-7-2-1-3-8-15)14-22-20(25)21(26)23-19-12-6-10-16-9-4-5-11-18(16)19/h1-12,17,24H,13-14H2,(H,22,25)(H,23,26). The normalized spacial score (nSPS) is 11.7. The molecule has 0 aliphatic rings. The van der Waals surface area contributed by atoms with Gasteiger partial charge in [0.15, 0.2) is 0 Å². The van der Waals surface area contributed by atoms with Crippen molar-refractivity contribution in [3.63, 3.8) is 0 Å². The van der Waals surface area contributed by atoms with E-state index in [2.05, 4.69) is 10.6 Å². The minimum absolute atomic E-state index is 0.0106. The number of nitrogens with one attached hydrogen (secondary N) is 2. The fourth-order valence-corrected chi connectivity index (χ4v) is 2.76. The van der Waals surface area contributed by atoms with Crippen LogP contribution >= 0.6 is 0 Å². The van der Waals surface area contributed by atoms with Crippen molar-refractivity contribution in [2.75, 3.05) is 11.9 Å². The van der Waals surface area contributed by atoms with Gasteiger partial charge >= 0.3 is 11.8 Å². The molecule has 0 saturated carbocycles. The van der Waals surface area contributed by atoms with Crippen molar-refractivity contribution in [1.82, 2.24) is 5.32 Å². The molecule has 1 atom stereocenters. The van der Waals surface area contributed by atoms with Crippen LogP contribution < -0.4 is 10.6 Å². The average Bonchev–Trinajstić information content (AvgIpc) is 2.67. The Labute approximate surface area is 151 Å². The first-order valence-electron chi connectivity index (χ1n) is 8.42. The van der Waals surface area contributed by atoms with Crippen molar-refractivity contribution in [3.8, 4) is 0 Å². The van der Waals surface area contributed by atoms with E-state index < -0.39 is 17.9 Å². The Morgan fingerprint density at radius 3 is 2.35 bits per heavy atom. The van der Waals surface area contributed by atoms with Crippen molar-refractivity contribution in [2.45, 2.75) is 12.5 Å². The van der Waals surface area contributed by atoms with E-state index in [1.807, 2.05) is 66.7 Å². The molecule has 0 bridgehead atoms. The molecule has 0 aliphatic heterocycles. The lowest BCUT2D eigenvalue weighted by atomic mass is 10.1. The Kier molecular flexibility index (Phi) is 5.61. The van der Waals surface area contributed by atoms with Crippen molar-refractivity contribution < 1.29 is 14.7 Å². The highest BCUT2D eigenvalue weighted by Crippen LogP contribution is 2.22. The SMILES string of the molecule is O=C(NCC(O)Cc1ccccc1)C(=O)Nc1cccc2ccccc12. The van der Waals surface area contributed by atoms with Gasteiger partial charge in [-0.2, -0.15) is 0 Å². The summed E-state index contributed by atoms with van der Waals surface area (Å²) in [4.78, 5) is 24.1. The second-order valence-corrected chi connectivity index (χ2v) is 6.03. The molecule has 2 amide bonds. The Balaban J connectivity index is 1.55. The number of benzene rings is 3. The molecule has 5 heteroatoms. The molecular formula is C21H20N2O3. The number of aliphatic hydroxyl groups excluding tert-OH is 1. The molecule has 3 N–H and O–H groups in total. The highest BCUT2D eigenvalue weighted by atomic mass is 16.3. The molecule has 0 aliphatic carbocycles. The van der Waals surface area contributed by atoms with Crippen molar-refractivity contribution >= 4 is 28.3 Å². The van der Waals surface area contributed by atoms with E-state index in [0.29, 0.717) is 12.1 Å². The summed E-state index contributed by atoms with van der Waals surface area (Å²) in [6.07, 6.45) is -0.349. The van der Waals surface area contributed by atoms with Crippen molar-refractivity contribution in [2.24, 2.45) is 0 Å². The van der Waals surface area contributed by atoms with Gasteiger partial charge in [-0.25, -0.2) is 0 Å². The third-order valence-corrected chi connectivity index (χ3v) is 4.06. The van der Waals surface area contributed by atoms with Gasteiger partial charge in [-0.3, -0.25) is 9.59 Å². The number of carbonyl (C=O) groups is 2. The van der Waals surface area contributed by atoms with E-state index >= 15 is 0 Å². The molecule has 3 aromatic rings. The van der Waals surface area contributed by atoms with E-state index in [-0.39, 0.29) is 6.54 Å². The van der Waals surface area contributed by atoms with Gasteiger partial charge in [-0.15, -0.1) is 0 Å². The molecule has 3 rings (SSSR count). The number of aliphatic hydroxyl groups is 1. The Hall–Kier alpha value is -3.18. The second-order valence-electron chi connectivity index (χ2n) is 6.03. The smallest absolute Gasteiger partial charge is 0.313 e. The molecule has 0 fully saturated rings. The summed E-state index contributed by atoms with van der Waals surface area (Å²) in [5.41, 5.74) is 1.54. The largest absolute Gasteiger partial charge is 0.391 e. The molecule has 5 nitrogen and oxygen atoms in total. The zero-order valence-corrected chi connectivity index (χ0v) is 14.2. The third-order valence-electron chi connectivity index (χ3n) is 4.06. The number of fused-ring (bicyclic) bond motifs is 1. The summed E-state index contributed by atoms with van der Waals surface area (Å²) in [7, 11) is 0. The van der Waals surface area contributed by atoms with Gasteiger partial charge in [0.1, 0.15) is 0 Å². The topological polar surface area (TPSA) is 78.4 Å². The minimum atomic E-state index is -0.773. The Morgan fingerprint density at radius 1 is 0.846 bits per heavy atom. The molecule has 3 aromatic carbocycles. The molecule has 0 aromatic heterocycles. The fraction of sp³-hybridized carbons (Fsp3) is 0.143. The number of hydrogen-bond donors (Lipinski definition) is 3. The van der Waals surface area contributed by atoms with Crippen LogP contribution in [0, 0.1) is 0 Å². The van der Waals surface area contributed by atoms with Crippen LogP contribution in [0.25, 0.3) is 10.8 Å². The van der Waals surface area contributed by atoms with Crippen LogP contribution in [0.2, 0.25) is 0 Å². The highest BCUT2D eigenvalue weighted by molar-refractivity contribution is 6.40. The average molecular weight is 348 g/mol. The van der Waals surface area contributed by atoms with Gasteiger partial charge in [0.25, 0.3) is 0 Å². The molecular weight excluding hydrogens is 328 g/mol. The number of amides is 2. The first kappa shape index (κ1) is 17.6. The fourth-order valence-electron chi connectivity index (χ4n) is 2.76. The summed E-state index contributed by atoms with van der Waals surface area (Å²) in [6.45, 7) is 0.0106. The second kappa shape index (κ2) is 8.27. The predicted octanol–water partition coefficient (Wildman–Crippen LogP) is 2.50. The summed E-state index contributed by atoms with van der Waals surface area (Å²) in [5, 5.41) is 17.0. The molecule has 0 heterocycles. The number of carbonyl (C=O) groups excluding carboxylic acids is 2. The number of rotatable bonds is 5. The third kappa shape index (κ3) is 4.46. The quantitative estimate of drug-likeness (QED) is 0.620. The maximum atomic E-state index is 12.1. The number of anilines is 1. The molecule has 1 unspecified atom stereocenters. The first-order valence-corrected chi connectivity index (χ1v) is 8.42. The molecule has 132 valence electrons. The molecule has 26 heavy (non-hydrogen) atoms. The van der Waals surface area contributed by atoms with Crippen LogP contribution in [0.3, 0.4) is 0 Å². The highest BCUT2D eigenvalue weighted by Gasteiger charge is 2.16. The summed E-state index contributed by atoms with van der Waals surface area (Å²) in [5.74, 6) is -1.53. The Bertz CT molecular complexity index is 904. The van der Waals surface area contributed by atoms with Gasteiger partial charge < -0.3 is 15.7 Å². The zero-order chi connectivity index (χ0) is 18.4. The Morgan fingerprint density at radius 2 is 1.54 bits per heavy atom. The van der Waals surface area contributed by atoms with Gasteiger partial charge in [0.05, 0.1) is 6.10 Å². The summed E-state index contributed by atoms with van der Waals surface area (Å²) >= 11 is 0. The zero-order valence-electron chi connectivity index (χ0n) is 14.2. The lowest BCUT2D eigenvalue weighted by Gasteiger charge is -2.12. The van der Waals surface area contributed by atoms with E-state index in [1.54, 1.807) is 6.07 Å². The van der Waals surface area contributed by atoms with Crippen LogP contribution in [-0.4, -0.2) is 29.6 Å². The molecule has 0 spiro atoms. The van der Waals surface area contributed by atoms with Crippen molar-refractivity contribution in [3.05, 3.63) is 78.4 Å². The van der Waals surface area contributed by atoms with E-state index in [0.717, 1.165) is 16.3 Å². The van der Waals surface area contributed by atoms with Gasteiger partial charge in [-0.05, 0) is 17.0 Å². The summed E-state index contributed by atoms with van der Waals surface area (Å²) in [6, 6.07) is 22.6. The van der Waals surface area contributed by atoms with Crippen LogP contribution in [0.15, 0.2) is 72.8 Å².